The summed E-state index contributed by atoms with van der Waals surface area (Å²) in [6, 6.07) is 0. The zero-order chi connectivity index (χ0) is 15.0. The Morgan fingerprint density at radius 3 is 2.55 bits per heavy atom. The molecule has 1 aliphatic heterocycles. The van der Waals surface area contributed by atoms with Crippen molar-refractivity contribution in [2.75, 3.05) is 0 Å². The summed E-state index contributed by atoms with van der Waals surface area (Å²) < 4.78 is 5.14. The molecule has 2 N–H and O–H groups in total. The lowest BCUT2D eigenvalue weighted by atomic mass is 9.85. The van der Waals surface area contributed by atoms with Gasteiger partial charge in [-0.15, -0.1) is 0 Å². The van der Waals surface area contributed by atoms with E-state index >= 15 is 0 Å². The number of aliphatic hydroxyl groups is 2. The molecule has 5 heteroatoms. The van der Waals surface area contributed by atoms with Crippen LogP contribution in [0.1, 0.15) is 20.3 Å². The number of hydrogen-bond acceptors (Lipinski definition) is 5. The highest BCUT2D eigenvalue weighted by Crippen LogP contribution is 2.33. The zero-order valence-corrected chi connectivity index (χ0v) is 11.5. The number of ketones is 1. The first-order valence-electron chi connectivity index (χ1n) is 6.47. The Morgan fingerprint density at radius 2 is 1.90 bits per heavy atom. The SMILES string of the molecule is C=C1C(=O)OC2/C=C(/C)CC(O)/C=C(/C)C(=O)C(O)C12. The second kappa shape index (κ2) is 5.34. The van der Waals surface area contributed by atoms with Crippen LogP contribution < -0.4 is 0 Å². The van der Waals surface area contributed by atoms with Crippen LogP contribution in [0.2, 0.25) is 0 Å². The van der Waals surface area contributed by atoms with Gasteiger partial charge in [-0.1, -0.05) is 12.2 Å². The molecule has 108 valence electrons. The van der Waals surface area contributed by atoms with Crippen molar-refractivity contribution in [1.82, 2.24) is 0 Å². The number of rotatable bonds is 0. The van der Waals surface area contributed by atoms with Crippen LogP contribution >= 0.6 is 0 Å². The number of fused-ring (bicyclic) bond motifs is 1. The van der Waals surface area contributed by atoms with E-state index in [1.54, 1.807) is 13.0 Å². The molecular formula is C15H18O5. The lowest BCUT2D eigenvalue weighted by Crippen LogP contribution is -2.36. The van der Waals surface area contributed by atoms with Crippen molar-refractivity contribution in [1.29, 1.82) is 0 Å². The van der Waals surface area contributed by atoms with Crippen molar-refractivity contribution in [3.8, 4) is 0 Å². The first kappa shape index (κ1) is 14.7. The van der Waals surface area contributed by atoms with Gasteiger partial charge < -0.3 is 14.9 Å². The Hall–Kier alpha value is -1.72. The summed E-state index contributed by atoms with van der Waals surface area (Å²) in [5.41, 5.74) is 1.19. The van der Waals surface area contributed by atoms with E-state index in [9.17, 15) is 19.8 Å². The van der Waals surface area contributed by atoms with Crippen molar-refractivity contribution in [3.63, 3.8) is 0 Å². The minimum absolute atomic E-state index is 0.105. The first-order valence-corrected chi connectivity index (χ1v) is 6.47. The molecule has 0 spiro atoms. The van der Waals surface area contributed by atoms with Gasteiger partial charge in [0.15, 0.2) is 5.78 Å². The van der Waals surface area contributed by atoms with Gasteiger partial charge in [0.1, 0.15) is 12.2 Å². The Bertz CT molecular complexity index is 528. The van der Waals surface area contributed by atoms with Crippen LogP contribution in [0.3, 0.4) is 0 Å². The fourth-order valence-electron chi connectivity index (χ4n) is 2.62. The van der Waals surface area contributed by atoms with Crippen LogP contribution in [0.15, 0.2) is 35.5 Å². The highest BCUT2D eigenvalue weighted by Gasteiger charge is 2.44. The third-order valence-corrected chi connectivity index (χ3v) is 3.68. The maximum Gasteiger partial charge on any atom is 0.334 e. The van der Waals surface area contributed by atoms with E-state index in [1.165, 1.54) is 13.0 Å². The molecule has 2 rings (SSSR count). The van der Waals surface area contributed by atoms with Crippen molar-refractivity contribution in [3.05, 3.63) is 35.5 Å². The maximum atomic E-state index is 12.1. The smallest absolute Gasteiger partial charge is 0.334 e. The maximum absolute atomic E-state index is 12.1. The van der Waals surface area contributed by atoms with Crippen LogP contribution in [0.4, 0.5) is 0 Å². The standard InChI is InChI=1S/C15H18O5/c1-7-4-10(16)6-8(2)13(17)14(18)12-9(3)15(19)20-11(12)5-7/h5-6,10-12,14,16,18H,3-4H2,1-2H3/b7-5-,8-6-. The average molecular weight is 278 g/mol. The number of Topliss-reactive ketones (excluding diaryl/α,β-unsaturated/α-hetero) is 1. The highest BCUT2D eigenvalue weighted by atomic mass is 16.6. The molecule has 0 aromatic carbocycles. The van der Waals surface area contributed by atoms with Crippen molar-refractivity contribution in [2.24, 2.45) is 5.92 Å². The molecule has 5 nitrogen and oxygen atoms in total. The number of aliphatic hydroxyl groups excluding tert-OH is 2. The second-order valence-corrected chi connectivity index (χ2v) is 5.36. The van der Waals surface area contributed by atoms with Gasteiger partial charge >= 0.3 is 5.97 Å². The molecule has 0 radical (unpaired) electrons. The fraction of sp³-hybridized carbons (Fsp3) is 0.467. The third-order valence-electron chi connectivity index (χ3n) is 3.68. The van der Waals surface area contributed by atoms with E-state index in [0.29, 0.717) is 6.42 Å². The quantitative estimate of drug-likeness (QED) is 0.386. The molecule has 1 heterocycles. The summed E-state index contributed by atoms with van der Waals surface area (Å²) >= 11 is 0. The Balaban J connectivity index is 2.46. The number of carbonyl (C=O) groups excluding carboxylic acids is 2. The lowest BCUT2D eigenvalue weighted by molar-refractivity contribution is -0.138. The fourth-order valence-corrected chi connectivity index (χ4v) is 2.62. The largest absolute Gasteiger partial charge is 0.454 e. The van der Waals surface area contributed by atoms with Crippen LogP contribution in [0.5, 0.6) is 0 Å². The second-order valence-electron chi connectivity index (χ2n) is 5.36. The van der Waals surface area contributed by atoms with Gasteiger partial charge in [-0.2, -0.15) is 0 Å². The van der Waals surface area contributed by atoms with Crippen molar-refractivity contribution < 1.29 is 24.5 Å². The Morgan fingerprint density at radius 1 is 1.25 bits per heavy atom. The number of esters is 1. The van der Waals surface area contributed by atoms with E-state index < -0.39 is 36.0 Å². The lowest BCUT2D eigenvalue weighted by Gasteiger charge is -2.22. The topological polar surface area (TPSA) is 83.8 Å². The number of carbonyl (C=O) groups is 2. The molecule has 0 saturated carbocycles. The third kappa shape index (κ3) is 2.59. The summed E-state index contributed by atoms with van der Waals surface area (Å²) in [4.78, 5) is 23.7. The summed E-state index contributed by atoms with van der Waals surface area (Å²) in [6.45, 7) is 6.94. The van der Waals surface area contributed by atoms with Gasteiger partial charge in [0, 0.05) is 5.57 Å². The molecule has 4 atom stereocenters. The summed E-state index contributed by atoms with van der Waals surface area (Å²) in [5.74, 6) is -1.90. The molecule has 0 amide bonds. The molecule has 1 aliphatic carbocycles. The molecule has 0 aromatic rings. The van der Waals surface area contributed by atoms with Crippen LogP contribution in [-0.4, -0.2) is 40.3 Å². The molecular weight excluding hydrogens is 260 g/mol. The van der Waals surface area contributed by atoms with Crippen LogP contribution in [-0.2, 0) is 14.3 Å². The Kier molecular flexibility index (Phi) is 3.92. The minimum Gasteiger partial charge on any atom is -0.454 e. The molecule has 1 fully saturated rings. The molecule has 0 bridgehead atoms. The van der Waals surface area contributed by atoms with Crippen molar-refractivity contribution in [2.45, 2.75) is 38.6 Å². The van der Waals surface area contributed by atoms with E-state index in [4.69, 9.17) is 4.74 Å². The number of hydrogen-bond donors (Lipinski definition) is 2. The van der Waals surface area contributed by atoms with E-state index in [2.05, 4.69) is 6.58 Å². The molecule has 1 saturated heterocycles. The molecule has 2 aliphatic rings. The van der Waals surface area contributed by atoms with E-state index in [-0.39, 0.29) is 11.1 Å². The first-order chi connectivity index (χ1) is 9.31. The van der Waals surface area contributed by atoms with Crippen molar-refractivity contribution >= 4 is 11.8 Å². The van der Waals surface area contributed by atoms with E-state index in [0.717, 1.165) is 5.57 Å². The van der Waals surface area contributed by atoms with Gasteiger partial charge in [-0.05, 0) is 38.0 Å². The Labute approximate surface area is 117 Å². The van der Waals surface area contributed by atoms with Crippen LogP contribution in [0, 0.1) is 5.92 Å². The summed E-state index contributed by atoms with van der Waals surface area (Å²) in [7, 11) is 0. The average Bonchev–Trinajstić information content (AvgIpc) is 2.61. The minimum atomic E-state index is -1.40. The molecule has 20 heavy (non-hydrogen) atoms. The molecule has 0 aromatic heterocycles. The highest BCUT2D eigenvalue weighted by molar-refractivity contribution is 6.01. The van der Waals surface area contributed by atoms with Gasteiger partial charge in [0.25, 0.3) is 0 Å². The number of ether oxygens (including phenoxy) is 1. The normalized spacial score (nSPS) is 40.3. The van der Waals surface area contributed by atoms with Gasteiger partial charge in [-0.3, -0.25) is 4.79 Å². The monoisotopic (exact) mass is 278 g/mol. The summed E-state index contributed by atoms with van der Waals surface area (Å²) in [5, 5.41) is 20.1. The van der Waals surface area contributed by atoms with E-state index in [1.807, 2.05) is 0 Å². The predicted molar refractivity (Wildman–Crippen MR) is 71.7 cm³/mol. The van der Waals surface area contributed by atoms with Gasteiger partial charge in [0.2, 0.25) is 0 Å². The summed E-state index contributed by atoms with van der Waals surface area (Å²) in [6.07, 6.45) is 0.503. The predicted octanol–water partition coefficient (Wildman–Crippen LogP) is 0.671. The van der Waals surface area contributed by atoms with Gasteiger partial charge in [0.05, 0.1) is 12.0 Å². The zero-order valence-electron chi connectivity index (χ0n) is 11.5. The molecule has 4 unspecified atom stereocenters. The van der Waals surface area contributed by atoms with Gasteiger partial charge in [-0.25, -0.2) is 4.79 Å². The van der Waals surface area contributed by atoms with Crippen LogP contribution in [0.25, 0.3) is 0 Å².